The Morgan fingerprint density at radius 3 is 2.23 bits per heavy atom. The summed E-state index contributed by atoms with van der Waals surface area (Å²) in [6.07, 6.45) is 5.43. The lowest BCUT2D eigenvalue weighted by Gasteiger charge is -2.26. The van der Waals surface area contributed by atoms with Crippen molar-refractivity contribution < 1.29 is 14.6 Å². The molecule has 0 fully saturated rings. The summed E-state index contributed by atoms with van der Waals surface area (Å²) < 4.78 is 5.94. The van der Waals surface area contributed by atoms with Crippen LogP contribution in [0.2, 0.25) is 0 Å². The Bertz CT molecular complexity index is 782. The lowest BCUT2D eigenvalue weighted by molar-refractivity contribution is 0.0401. The van der Waals surface area contributed by atoms with Crippen LogP contribution in [0.15, 0.2) is 47.4 Å². The first-order valence-corrected chi connectivity index (χ1v) is 9.76. The highest BCUT2D eigenvalue weighted by Crippen LogP contribution is 2.29. The molecule has 0 heterocycles. The van der Waals surface area contributed by atoms with Crippen LogP contribution in [-0.4, -0.2) is 29.4 Å². The van der Waals surface area contributed by atoms with Gasteiger partial charge < -0.3 is 9.84 Å². The molecule has 0 atom stereocenters. The maximum Gasteiger partial charge on any atom is 0.185 e. The van der Waals surface area contributed by atoms with Gasteiger partial charge in [-0.1, -0.05) is 6.08 Å². The van der Waals surface area contributed by atoms with E-state index in [0.29, 0.717) is 5.56 Å². The van der Waals surface area contributed by atoms with Gasteiger partial charge in [-0.25, -0.2) is 0 Å². The van der Waals surface area contributed by atoms with Crippen LogP contribution in [0.5, 0.6) is 5.75 Å². The Kier molecular flexibility index (Phi) is 6.68. The topological polar surface area (TPSA) is 46.5 Å². The first-order valence-electron chi connectivity index (χ1n) is 8.53. The predicted octanol–water partition coefficient (Wildman–Crippen LogP) is 5.07. The fourth-order valence-electron chi connectivity index (χ4n) is 2.57. The molecule has 2 aromatic rings. The summed E-state index contributed by atoms with van der Waals surface area (Å²) in [7, 11) is 0. The van der Waals surface area contributed by atoms with E-state index in [2.05, 4.69) is 0 Å². The molecule has 26 heavy (non-hydrogen) atoms. The lowest BCUT2D eigenvalue weighted by Crippen LogP contribution is -2.33. The number of hydrogen-bond donors (Lipinski definition) is 1. The minimum atomic E-state index is -0.633. The van der Waals surface area contributed by atoms with Gasteiger partial charge in [0, 0.05) is 10.5 Å². The fourth-order valence-corrected chi connectivity index (χ4v) is 2.98. The number of aliphatic hydroxyl groups excluding tert-OH is 1. The molecule has 0 aliphatic heterocycles. The average molecular weight is 371 g/mol. The van der Waals surface area contributed by atoms with Crippen molar-refractivity contribution in [3.05, 3.63) is 64.7 Å². The number of benzene rings is 2. The van der Waals surface area contributed by atoms with Crippen molar-refractivity contribution in [2.45, 2.75) is 38.2 Å². The molecule has 0 bridgehead atoms. The van der Waals surface area contributed by atoms with E-state index in [-0.39, 0.29) is 12.4 Å². The summed E-state index contributed by atoms with van der Waals surface area (Å²) in [5.41, 5.74) is 2.94. The molecular weight excluding hydrogens is 344 g/mol. The van der Waals surface area contributed by atoms with Crippen LogP contribution in [0, 0.1) is 13.8 Å². The van der Waals surface area contributed by atoms with Crippen molar-refractivity contribution in [3.63, 3.8) is 0 Å². The Labute approximate surface area is 160 Å². The van der Waals surface area contributed by atoms with Crippen LogP contribution in [0.3, 0.4) is 0 Å². The van der Waals surface area contributed by atoms with Gasteiger partial charge in [0.05, 0.1) is 6.61 Å². The van der Waals surface area contributed by atoms with Gasteiger partial charge >= 0.3 is 0 Å². The molecule has 0 unspecified atom stereocenters. The van der Waals surface area contributed by atoms with E-state index in [9.17, 15) is 9.90 Å². The molecule has 3 nitrogen and oxygen atoms in total. The summed E-state index contributed by atoms with van der Waals surface area (Å²) in [5.74, 6) is 0.759. The zero-order valence-corrected chi connectivity index (χ0v) is 16.8. The largest absolute Gasteiger partial charge is 0.485 e. The molecule has 0 amide bonds. The molecule has 0 aromatic heterocycles. The molecule has 0 radical (unpaired) electrons. The van der Waals surface area contributed by atoms with Gasteiger partial charge in [0.15, 0.2) is 5.78 Å². The lowest BCUT2D eigenvalue weighted by atomic mass is 10.0. The fraction of sp³-hybridized carbons (Fsp3) is 0.318. The van der Waals surface area contributed by atoms with E-state index in [1.54, 1.807) is 17.8 Å². The zero-order chi connectivity index (χ0) is 19.3. The standard InChI is InChI=1S/C22H26O3S/c1-15-12-17(13-16(2)21(15)25-22(3,4)14-23)6-11-20(24)18-7-9-19(26-5)10-8-18/h6-13,23H,14H2,1-5H3/b11-6-. The molecule has 138 valence electrons. The number of ether oxygens (including phenoxy) is 1. The van der Waals surface area contributed by atoms with Gasteiger partial charge in [0.2, 0.25) is 0 Å². The predicted molar refractivity (Wildman–Crippen MR) is 109 cm³/mol. The Balaban J connectivity index is 2.18. The Morgan fingerprint density at radius 2 is 1.73 bits per heavy atom. The summed E-state index contributed by atoms with van der Waals surface area (Å²) in [4.78, 5) is 13.5. The van der Waals surface area contributed by atoms with Crippen molar-refractivity contribution >= 4 is 23.6 Å². The molecular formula is C22H26O3S. The normalized spacial score (nSPS) is 11.8. The number of ketones is 1. The SMILES string of the molecule is CSc1ccc(C(=O)/C=C\c2cc(C)c(OC(C)(C)CO)c(C)c2)cc1. The first-order chi connectivity index (χ1) is 12.3. The summed E-state index contributed by atoms with van der Waals surface area (Å²) in [6.45, 7) is 7.57. The maximum atomic E-state index is 12.3. The molecule has 4 heteroatoms. The van der Waals surface area contributed by atoms with Gasteiger partial charge in [-0.2, -0.15) is 0 Å². The summed E-state index contributed by atoms with van der Waals surface area (Å²) in [5, 5.41) is 9.40. The van der Waals surface area contributed by atoms with Crippen LogP contribution < -0.4 is 4.74 Å². The average Bonchev–Trinajstić information content (AvgIpc) is 2.63. The highest BCUT2D eigenvalue weighted by Gasteiger charge is 2.20. The van der Waals surface area contributed by atoms with Gasteiger partial charge in [-0.15, -0.1) is 11.8 Å². The minimum absolute atomic E-state index is 0.0188. The number of carbonyl (C=O) groups excluding carboxylic acids is 1. The van der Waals surface area contributed by atoms with Crippen LogP contribution in [0.1, 0.15) is 40.9 Å². The second-order valence-electron chi connectivity index (χ2n) is 6.93. The number of thioether (sulfide) groups is 1. The third-order valence-electron chi connectivity index (χ3n) is 4.04. The molecule has 2 aromatic carbocycles. The van der Waals surface area contributed by atoms with Gasteiger partial charge in [0.25, 0.3) is 0 Å². The number of aliphatic hydroxyl groups is 1. The van der Waals surface area contributed by atoms with Crippen LogP contribution in [0.4, 0.5) is 0 Å². The van der Waals surface area contributed by atoms with Crippen molar-refractivity contribution in [2.75, 3.05) is 12.9 Å². The molecule has 0 spiro atoms. The number of carbonyl (C=O) groups is 1. The van der Waals surface area contributed by atoms with E-state index in [1.807, 2.05) is 76.4 Å². The molecule has 0 saturated carbocycles. The first kappa shape index (κ1) is 20.3. The molecule has 0 aliphatic carbocycles. The van der Waals surface area contributed by atoms with Gasteiger partial charge in [-0.05, 0) is 93.1 Å². The number of allylic oxidation sites excluding steroid dienone is 1. The van der Waals surface area contributed by atoms with Gasteiger partial charge in [0.1, 0.15) is 11.4 Å². The number of aryl methyl sites for hydroxylation is 2. The Morgan fingerprint density at radius 1 is 1.15 bits per heavy atom. The van der Waals surface area contributed by atoms with E-state index in [1.165, 1.54) is 0 Å². The minimum Gasteiger partial charge on any atom is -0.485 e. The maximum absolute atomic E-state index is 12.3. The second-order valence-corrected chi connectivity index (χ2v) is 7.81. The third kappa shape index (κ3) is 5.23. The van der Waals surface area contributed by atoms with E-state index in [0.717, 1.165) is 27.3 Å². The van der Waals surface area contributed by atoms with Crippen molar-refractivity contribution in [3.8, 4) is 5.75 Å². The monoisotopic (exact) mass is 370 g/mol. The van der Waals surface area contributed by atoms with E-state index >= 15 is 0 Å². The van der Waals surface area contributed by atoms with Crippen LogP contribution >= 0.6 is 11.8 Å². The third-order valence-corrected chi connectivity index (χ3v) is 4.79. The zero-order valence-electron chi connectivity index (χ0n) is 16.0. The number of rotatable bonds is 7. The Hall–Kier alpha value is -2.04. The highest BCUT2D eigenvalue weighted by molar-refractivity contribution is 7.98. The van der Waals surface area contributed by atoms with Gasteiger partial charge in [-0.3, -0.25) is 4.79 Å². The van der Waals surface area contributed by atoms with E-state index in [4.69, 9.17) is 4.74 Å². The smallest absolute Gasteiger partial charge is 0.185 e. The molecule has 0 saturated heterocycles. The summed E-state index contributed by atoms with van der Waals surface area (Å²) >= 11 is 1.65. The van der Waals surface area contributed by atoms with Crippen LogP contribution in [-0.2, 0) is 0 Å². The quantitative estimate of drug-likeness (QED) is 0.420. The van der Waals surface area contributed by atoms with E-state index < -0.39 is 5.60 Å². The van der Waals surface area contributed by atoms with Crippen molar-refractivity contribution in [1.29, 1.82) is 0 Å². The van der Waals surface area contributed by atoms with Crippen molar-refractivity contribution in [1.82, 2.24) is 0 Å². The molecule has 0 aliphatic rings. The highest BCUT2D eigenvalue weighted by atomic mass is 32.2. The summed E-state index contributed by atoms with van der Waals surface area (Å²) in [6, 6.07) is 11.6. The van der Waals surface area contributed by atoms with Crippen molar-refractivity contribution in [2.24, 2.45) is 0 Å². The second kappa shape index (κ2) is 8.56. The number of hydrogen-bond acceptors (Lipinski definition) is 4. The van der Waals surface area contributed by atoms with Crippen LogP contribution in [0.25, 0.3) is 6.08 Å². The molecule has 1 N–H and O–H groups in total. The molecule has 2 rings (SSSR count).